The Hall–Kier alpha value is -4.85. The third-order valence-electron chi connectivity index (χ3n) is 6.24. The number of rotatable bonds is 11. The van der Waals surface area contributed by atoms with E-state index in [2.05, 4.69) is 30.6 Å². The monoisotopic (exact) mass is 598 g/mol. The van der Waals surface area contributed by atoms with E-state index >= 15 is 0 Å². The number of aromatic nitrogens is 4. The average molecular weight is 599 g/mol. The first-order valence-electron chi connectivity index (χ1n) is 13.1. The van der Waals surface area contributed by atoms with Gasteiger partial charge in [-0.2, -0.15) is 18.2 Å². The van der Waals surface area contributed by atoms with E-state index in [0.29, 0.717) is 23.7 Å². The number of carbonyl (C=O) groups excluding carboxylic acids is 1. The van der Waals surface area contributed by atoms with Crippen LogP contribution in [0.25, 0.3) is 11.4 Å². The maximum Gasteiger partial charge on any atom is 0.416 e. The van der Waals surface area contributed by atoms with Crippen molar-refractivity contribution in [2.45, 2.75) is 12.6 Å². The largest absolute Gasteiger partial charge is 0.438 e. The predicted molar refractivity (Wildman–Crippen MR) is 155 cm³/mol. The molecule has 14 heteroatoms. The quantitative estimate of drug-likeness (QED) is 0.214. The zero-order valence-corrected chi connectivity index (χ0v) is 23.9. The molecule has 0 saturated heterocycles. The number of hydrogen-bond acceptors (Lipinski definition) is 9. The summed E-state index contributed by atoms with van der Waals surface area (Å²) < 4.78 is 61.2. The molecule has 2 aromatic carbocycles. The third-order valence-corrected chi connectivity index (χ3v) is 6.24. The molecular weight excluding hydrogens is 568 g/mol. The highest BCUT2D eigenvalue weighted by atomic mass is 19.4. The number of amides is 1. The Labute approximate surface area is 245 Å². The van der Waals surface area contributed by atoms with Crippen LogP contribution in [0.5, 0.6) is 11.6 Å². The first-order valence-corrected chi connectivity index (χ1v) is 13.1. The number of nitrogens with one attached hydrogen (secondary N) is 2. The topological polar surface area (TPSA) is 108 Å². The van der Waals surface area contributed by atoms with Gasteiger partial charge in [0, 0.05) is 38.5 Å². The number of carbonyl (C=O) groups is 1. The Morgan fingerprint density at radius 1 is 1.00 bits per heavy atom. The fourth-order valence-corrected chi connectivity index (χ4v) is 4.14. The fourth-order valence-electron chi connectivity index (χ4n) is 4.14. The summed E-state index contributed by atoms with van der Waals surface area (Å²) in [4.78, 5) is 33.6. The minimum Gasteiger partial charge on any atom is -0.438 e. The molecule has 4 rings (SSSR count). The van der Waals surface area contributed by atoms with Crippen molar-refractivity contribution in [2.75, 3.05) is 56.8 Å². The van der Waals surface area contributed by atoms with Gasteiger partial charge in [0.15, 0.2) is 5.82 Å². The minimum atomic E-state index is -4.63. The summed E-state index contributed by atoms with van der Waals surface area (Å²) in [6.07, 6.45) is -1.14. The summed E-state index contributed by atoms with van der Waals surface area (Å²) in [7, 11) is 7.20. The van der Waals surface area contributed by atoms with Crippen molar-refractivity contribution >= 4 is 23.2 Å². The van der Waals surface area contributed by atoms with E-state index in [-0.39, 0.29) is 28.7 Å². The number of ether oxygens (including phenoxy) is 1. The van der Waals surface area contributed by atoms with Crippen LogP contribution in [0.3, 0.4) is 0 Å². The van der Waals surface area contributed by atoms with Crippen molar-refractivity contribution in [3.63, 3.8) is 0 Å². The van der Waals surface area contributed by atoms with Gasteiger partial charge in [-0.3, -0.25) is 4.79 Å². The fraction of sp³-hybridized carbons (Fsp3) is 0.276. The Bertz CT molecular complexity index is 1580. The van der Waals surface area contributed by atoms with Crippen LogP contribution in [0.1, 0.15) is 22.3 Å². The van der Waals surface area contributed by atoms with Gasteiger partial charge in [-0.1, -0.05) is 0 Å². The highest BCUT2D eigenvalue weighted by Crippen LogP contribution is 2.36. The second-order valence-electron chi connectivity index (χ2n) is 9.78. The first-order chi connectivity index (χ1) is 20.4. The second kappa shape index (κ2) is 13.4. The molecule has 0 aliphatic heterocycles. The summed E-state index contributed by atoms with van der Waals surface area (Å²) in [6, 6.07) is 9.68. The summed E-state index contributed by atoms with van der Waals surface area (Å²) in [6.45, 7) is 1.29. The second-order valence-corrected chi connectivity index (χ2v) is 9.78. The van der Waals surface area contributed by atoms with Crippen LogP contribution in [0.15, 0.2) is 61.1 Å². The molecule has 0 aliphatic carbocycles. The number of nitrogens with zero attached hydrogens (tertiary/aromatic N) is 6. The molecule has 2 N–H and O–H groups in total. The number of alkyl halides is 3. The lowest BCUT2D eigenvalue weighted by atomic mass is 10.1. The summed E-state index contributed by atoms with van der Waals surface area (Å²) >= 11 is 0. The molecule has 2 aromatic heterocycles. The number of halogens is 4. The number of hydrogen-bond donors (Lipinski definition) is 2. The lowest BCUT2D eigenvalue weighted by Crippen LogP contribution is -2.25. The Morgan fingerprint density at radius 3 is 2.51 bits per heavy atom. The third kappa shape index (κ3) is 8.13. The summed E-state index contributed by atoms with van der Waals surface area (Å²) in [5, 5.41) is 5.33. The standard InChI is InChI=1S/C29H30F4N8O2/c1-34-28-37-17-36-25(39-28)22-7-5-10-35-27(22)43-21-14-18(13-20(30)16-21)26(42)38-23-15-19(29(31,32)33)8-9-24(23)41(4)12-6-11-40(2)3/h5,7-10,13-17H,6,11-12H2,1-4H3,(H,38,42)(H,34,36,37,39). The molecule has 0 fully saturated rings. The van der Waals surface area contributed by atoms with E-state index < -0.39 is 23.5 Å². The van der Waals surface area contributed by atoms with Crippen LogP contribution in [-0.4, -0.2) is 72.0 Å². The van der Waals surface area contributed by atoms with Crippen LogP contribution >= 0.6 is 0 Å². The normalized spacial score (nSPS) is 11.4. The average Bonchev–Trinajstić information content (AvgIpc) is 2.96. The molecule has 0 unspecified atom stereocenters. The zero-order valence-electron chi connectivity index (χ0n) is 23.9. The van der Waals surface area contributed by atoms with E-state index in [1.807, 2.05) is 19.0 Å². The molecular formula is C29H30F4N8O2. The minimum absolute atomic E-state index is 0.0345. The van der Waals surface area contributed by atoms with Crippen LogP contribution < -0.4 is 20.3 Å². The van der Waals surface area contributed by atoms with E-state index in [1.165, 1.54) is 24.7 Å². The Morgan fingerprint density at radius 2 is 1.79 bits per heavy atom. The first kappa shape index (κ1) is 31.1. The van der Waals surface area contributed by atoms with Crippen LogP contribution in [-0.2, 0) is 6.18 Å². The molecule has 0 bridgehead atoms. The molecule has 1 amide bonds. The molecule has 4 aromatic rings. The van der Waals surface area contributed by atoms with Gasteiger partial charge < -0.3 is 25.2 Å². The molecule has 226 valence electrons. The lowest BCUT2D eigenvalue weighted by molar-refractivity contribution is -0.137. The van der Waals surface area contributed by atoms with E-state index in [1.54, 1.807) is 31.1 Å². The molecule has 0 aliphatic rings. The van der Waals surface area contributed by atoms with Crippen molar-refractivity contribution in [1.29, 1.82) is 0 Å². The maximum atomic E-state index is 14.7. The van der Waals surface area contributed by atoms with Crippen molar-refractivity contribution in [3.05, 3.63) is 78.0 Å². The van der Waals surface area contributed by atoms with Crippen molar-refractivity contribution in [1.82, 2.24) is 24.8 Å². The van der Waals surface area contributed by atoms with Gasteiger partial charge in [0.1, 0.15) is 17.9 Å². The molecule has 0 saturated carbocycles. The molecule has 43 heavy (non-hydrogen) atoms. The van der Waals surface area contributed by atoms with Gasteiger partial charge in [-0.05, 0) is 69.5 Å². The predicted octanol–water partition coefficient (Wildman–Crippen LogP) is 5.57. The Balaban J connectivity index is 1.62. The SMILES string of the molecule is CNc1ncnc(-c2cccnc2Oc2cc(F)cc(C(=O)Nc3cc(C(F)(F)F)ccc3N(C)CCCN(C)C)c2)n1. The van der Waals surface area contributed by atoms with Gasteiger partial charge in [0.05, 0.1) is 22.5 Å². The van der Waals surface area contributed by atoms with Crippen molar-refractivity contribution in [3.8, 4) is 23.0 Å². The number of anilines is 3. The summed E-state index contributed by atoms with van der Waals surface area (Å²) in [5.41, 5.74) is -0.421. The lowest BCUT2D eigenvalue weighted by Gasteiger charge is -2.24. The van der Waals surface area contributed by atoms with Crippen LogP contribution in [0, 0.1) is 5.82 Å². The highest BCUT2D eigenvalue weighted by molar-refractivity contribution is 6.06. The molecule has 0 radical (unpaired) electrons. The molecule has 0 atom stereocenters. The maximum absolute atomic E-state index is 14.7. The van der Waals surface area contributed by atoms with E-state index in [9.17, 15) is 22.4 Å². The van der Waals surface area contributed by atoms with Gasteiger partial charge >= 0.3 is 6.18 Å². The highest BCUT2D eigenvalue weighted by Gasteiger charge is 2.31. The van der Waals surface area contributed by atoms with Gasteiger partial charge in [-0.15, -0.1) is 0 Å². The molecule has 0 spiro atoms. The van der Waals surface area contributed by atoms with Gasteiger partial charge in [0.2, 0.25) is 11.8 Å². The van der Waals surface area contributed by atoms with E-state index in [4.69, 9.17) is 4.74 Å². The number of benzene rings is 2. The van der Waals surface area contributed by atoms with Gasteiger partial charge in [-0.25, -0.2) is 19.3 Å². The zero-order chi connectivity index (χ0) is 31.1. The van der Waals surface area contributed by atoms with Crippen molar-refractivity contribution < 1.29 is 27.1 Å². The van der Waals surface area contributed by atoms with Crippen molar-refractivity contribution in [2.24, 2.45) is 0 Å². The molecule has 2 heterocycles. The smallest absolute Gasteiger partial charge is 0.416 e. The Kier molecular flexibility index (Phi) is 9.70. The van der Waals surface area contributed by atoms with Crippen LogP contribution in [0.2, 0.25) is 0 Å². The van der Waals surface area contributed by atoms with Crippen LogP contribution in [0.4, 0.5) is 34.9 Å². The number of pyridine rings is 1. The summed E-state index contributed by atoms with van der Waals surface area (Å²) in [5.74, 6) is -1.12. The molecule has 10 nitrogen and oxygen atoms in total. The van der Waals surface area contributed by atoms with E-state index in [0.717, 1.165) is 37.2 Å². The van der Waals surface area contributed by atoms with Gasteiger partial charge in [0.25, 0.3) is 5.91 Å².